The molecule has 2 aliphatic heterocycles. The third kappa shape index (κ3) is 2.72. The summed E-state index contributed by atoms with van der Waals surface area (Å²) >= 11 is 0. The molecule has 20 heavy (non-hydrogen) atoms. The minimum Gasteiger partial charge on any atom is -0.481 e. The highest BCUT2D eigenvalue weighted by Gasteiger charge is 2.30. The molecular weight excluding hydrogens is 252 g/mol. The fraction of sp³-hybridized carbons (Fsp3) is 0.562. The summed E-state index contributed by atoms with van der Waals surface area (Å²) in [6.45, 7) is 2.90. The fourth-order valence-corrected chi connectivity index (χ4v) is 3.39. The molecule has 3 rings (SSSR count). The monoisotopic (exact) mass is 274 g/mol. The predicted octanol–water partition coefficient (Wildman–Crippen LogP) is 1.84. The highest BCUT2D eigenvalue weighted by Crippen LogP contribution is 2.30. The van der Waals surface area contributed by atoms with Gasteiger partial charge in [0.1, 0.15) is 0 Å². The lowest BCUT2D eigenvalue weighted by Crippen LogP contribution is -2.17. The van der Waals surface area contributed by atoms with E-state index in [1.54, 1.807) is 0 Å². The number of nitrogens with one attached hydrogen (secondary N) is 1. The molecule has 4 nitrogen and oxygen atoms in total. The Kier molecular flexibility index (Phi) is 3.76. The average molecular weight is 274 g/mol. The number of likely N-dealkylation sites (tertiary alicyclic amines) is 1. The molecule has 2 fully saturated rings. The van der Waals surface area contributed by atoms with E-state index < -0.39 is 5.97 Å². The summed E-state index contributed by atoms with van der Waals surface area (Å²) in [6.07, 6.45) is 1.93. The van der Waals surface area contributed by atoms with Crippen molar-refractivity contribution in [1.29, 1.82) is 0 Å². The molecule has 2 N–H and O–H groups in total. The summed E-state index contributed by atoms with van der Waals surface area (Å²) in [7, 11) is 2.17. The van der Waals surface area contributed by atoms with E-state index in [-0.39, 0.29) is 12.0 Å². The van der Waals surface area contributed by atoms with E-state index in [1.807, 2.05) is 0 Å². The number of nitrogens with zero attached hydrogens (tertiary/aromatic N) is 1. The number of carboxylic acids is 1. The number of carboxylic acid groups (broad SMARTS) is 1. The Morgan fingerprint density at radius 2 is 2.00 bits per heavy atom. The van der Waals surface area contributed by atoms with E-state index in [1.165, 1.54) is 24.1 Å². The SMILES string of the molecule is CN1CCC(c2ccc(C3CC(C(=O)O)CN3)cc2)C1. The van der Waals surface area contributed by atoms with Crippen LogP contribution in [-0.2, 0) is 4.79 Å². The minimum absolute atomic E-state index is 0.191. The summed E-state index contributed by atoms with van der Waals surface area (Å²) < 4.78 is 0. The normalized spacial score (nSPS) is 30.8. The van der Waals surface area contributed by atoms with Crippen molar-refractivity contribution in [2.75, 3.05) is 26.7 Å². The van der Waals surface area contributed by atoms with Gasteiger partial charge in [-0.25, -0.2) is 0 Å². The molecule has 3 unspecified atom stereocenters. The van der Waals surface area contributed by atoms with Crippen molar-refractivity contribution in [3.05, 3.63) is 35.4 Å². The summed E-state index contributed by atoms with van der Waals surface area (Å²) in [5.74, 6) is -0.286. The molecule has 0 aliphatic carbocycles. The van der Waals surface area contributed by atoms with Gasteiger partial charge in [-0.2, -0.15) is 0 Å². The van der Waals surface area contributed by atoms with Crippen molar-refractivity contribution < 1.29 is 9.90 Å². The van der Waals surface area contributed by atoms with Crippen LogP contribution in [-0.4, -0.2) is 42.7 Å². The van der Waals surface area contributed by atoms with E-state index in [4.69, 9.17) is 5.11 Å². The Balaban J connectivity index is 1.66. The van der Waals surface area contributed by atoms with Gasteiger partial charge >= 0.3 is 5.97 Å². The smallest absolute Gasteiger partial charge is 0.307 e. The summed E-state index contributed by atoms with van der Waals surface area (Å²) in [5.41, 5.74) is 2.62. The van der Waals surface area contributed by atoms with Crippen LogP contribution < -0.4 is 5.32 Å². The molecule has 0 amide bonds. The van der Waals surface area contributed by atoms with Gasteiger partial charge in [-0.1, -0.05) is 24.3 Å². The predicted molar refractivity (Wildman–Crippen MR) is 77.8 cm³/mol. The molecule has 3 atom stereocenters. The third-order valence-electron chi connectivity index (χ3n) is 4.68. The lowest BCUT2D eigenvalue weighted by Gasteiger charge is -2.14. The van der Waals surface area contributed by atoms with Crippen LogP contribution in [0.2, 0.25) is 0 Å². The maximum atomic E-state index is 11.0. The maximum absolute atomic E-state index is 11.0. The molecule has 4 heteroatoms. The highest BCUT2D eigenvalue weighted by molar-refractivity contribution is 5.70. The Hall–Kier alpha value is -1.39. The average Bonchev–Trinajstić information content (AvgIpc) is 3.08. The van der Waals surface area contributed by atoms with Crippen LogP contribution in [0, 0.1) is 5.92 Å². The maximum Gasteiger partial charge on any atom is 0.307 e. The first-order valence-electron chi connectivity index (χ1n) is 7.38. The summed E-state index contributed by atoms with van der Waals surface area (Å²) in [5, 5.41) is 12.4. The van der Waals surface area contributed by atoms with Gasteiger partial charge in [0, 0.05) is 19.1 Å². The lowest BCUT2D eigenvalue weighted by molar-refractivity contribution is -0.141. The van der Waals surface area contributed by atoms with Gasteiger partial charge in [0.2, 0.25) is 0 Å². The Bertz CT molecular complexity index is 486. The zero-order valence-electron chi connectivity index (χ0n) is 11.9. The van der Waals surface area contributed by atoms with E-state index >= 15 is 0 Å². The van der Waals surface area contributed by atoms with Crippen LogP contribution >= 0.6 is 0 Å². The van der Waals surface area contributed by atoms with Crippen molar-refractivity contribution in [1.82, 2.24) is 10.2 Å². The number of rotatable bonds is 3. The quantitative estimate of drug-likeness (QED) is 0.883. The van der Waals surface area contributed by atoms with Crippen LogP contribution in [0.5, 0.6) is 0 Å². The van der Waals surface area contributed by atoms with E-state index in [0.29, 0.717) is 18.9 Å². The molecule has 2 heterocycles. The standard InChI is InChI=1S/C16H22N2O2/c1-18-7-6-13(10-18)11-2-4-12(5-3-11)15-8-14(9-17-15)16(19)20/h2-5,13-15,17H,6-10H2,1H3,(H,19,20). The number of hydrogen-bond donors (Lipinski definition) is 2. The Labute approximate surface area is 119 Å². The molecular formula is C16H22N2O2. The highest BCUT2D eigenvalue weighted by atomic mass is 16.4. The van der Waals surface area contributed by atoms with Crippen LogP contribution in [0.15, 0.2) is 24.3 Å². The molecule has 2 aliphatic rings. The van der Waals surface area contributed by atoms with Gasteiger partial charge in [0.05, 0.1) is 5.92 Å². The third-order valence-corrected chi connectivity index (χ3v) is 4.68. The van der Waals surface area contributed by atoms with Gasteiger partial charge < -0.3 is 15.3 Å². The number of carbonyl (C=O) groups is 1. The van der Waals surface area contributed by atoms with E-state index in [9.17, 15) is 4.79 Å². The first-order chi connectivity index (χ1) is 9.63. The van der Waals surface area contributed by atoms with Crippen LogP contribution in [0.25, 0.3) is 0 Å². The second-order valence-electron chi connectivity index (χ2n) is 6.15. The number of hydrogen-bond acceptors (Lipinski definition) is 3. The topological polar surface area (TPSA) is 52.6 Å². The van der Waals surface area contributed by atoms with Gasteiger partial charge in [-0.15, -0.1) is 0 Å². The molecule has 0 saturated carbocycles. The minimum atomic E-state index is -0.689. The summed E-state index contributed by atoms with van der Waals surface area (Å²) in [4.78, 5) is 13.4. The zero-order chi connectivity index (χ0) is 14.1. The van der Waals surface area contributed by atoms with Crippen molar-refractivity contribution in [3.8, 4) is 0 Å². The summed E-state index contributed by atoms with van der Waals surface area (Å²) in [6, 6.07) is 8.95. The van der Waals surface area contributed by atoms with Gasteiger partial charge in [0.15, 0.2) is 0 Å². The second kappa shape index (κ2) is 5.54. The molecule has 2 saturated heterocycles. The van der Waals surface area contributed by atoms with Crippen molar-refractivity contribution in [3.63, 3.8) is 0 Å². The molecule has 1 aromatic carbocycles. The molecule has 0 radical (unpaired) electrons. The number of aliphatic carboxylic acids is 1. The van der Waals surface area contributed by atoms with Gasteiger partial charge in [-0.3, -0.25) is 4.79 Å². The second-order valence-corrected chi connectivity index (χ2v) is 6.15. The largest absolute Gasteiger partial charge is 0.481 e. The van der Waals surface area contributed by atoms with Crippen LogP contribution in [0.4, 0.5) is 0 Å². The fourth-order valence-electron chi connectivity index (χ4n) is 3.39. The lowest BCUT2D eigenvalue weighted by atomic mass is 9.94. The Morgan fingerprint density at radius 1 is 1.30 bits per heavy atom. The van der Waals surface area contributed by atoms with Crippen molar-refractivity contribution >= 4 is 5.97 Å². The first kappa shape index (κ1) is 13.6. The Morgan fingerprint density at radius 3 is 2.55 bits per heavy atom. The molecule has 0 aromatic heterocycles. The van der Waals surface area contributed by atoms with Crippen molar-refractivity contribution in [2.45, 2.75) is 24.8 Å². The zero-order valence-corrected chi connectivity index (χ0v) is 11.9. The van der Waals surface area contributed by atoms with Crippen LogP contribution in [0.1, 0.15) is 35.9 Å². The van der Waals surface area contributed by atoms with Crippen molar-refractivity contribution in [2.24, 2.45) is 5.92 Å². The van der Waals surface area contributed by atoms with E-state index in [0.717, 1.165) is 6.54 Å². The molecule has 108 valence electrons. The number of likely N-dealkylation sites (N-methyl/N-ethyl adjacent to an activating group) is 1. The van der Waals surface area contributed by atoms with Crippen LogP contribution in [0.3, 0.4) is 0 Å². The van der Waals surface area contributed by atoms with E-state index in [2.05, 4.69) is 41.5 Å². The molecule has 1 aromatic rings. The van der Waals surface area contributed by atoms with Gasteiger partial charge in [-0.05, 0) is 43.5 Å². The van der Waals surface area contributed by atoms with Gasteiger partial charge in [0.25, 0.3) is 0 Å². The number of benzene rings is 1. The first-order valence-corrected chi connectivity index (χ1v) is 7.38. The molecule has 0 bridgehead atoms. The molecule has 0 spiro atoms.